The molecule has 8 heteroatoms. The first-order valence-corrected chi connectivity index (χ1v) is 9.18. The zero-order valence-corrected chi connectivity index (χ0v) is 13.1. The second kappa shape index (κ2) is 5.34. The first kappa shape index (κ1) is 15.5. The minimum absolute atomic E-state index is 0.229. The second-order valence-electron chi connectivity index (χ2n) is 6.33. The summed E-state index contributed by atoms with van der Waals surface area (Å²) in [4.78, 5) is 24.7. The van der Waals surface area contributed by atoms with Gasteiger partial charge in [0.2, 0.25) is 15.9 Å². The van der Waals surface area contributed by atoms with Gasteiger partial charge >= 0.3 is 0 Å². The number of amides is 2. The molecule has 122 valence electrons. The number of sulfonamides is 1. The van der Waals surface area contributed by atoms with E-state index >= 15 is 0 Å². The lowest BCUT2D eigenvalue weighted by Gasteiger charge is -2.21. The van der Waals surface area contributed by atoms with Crippen LogP contribution in [0.25, 0.3) is 0 Å². The predicted octanol–water partition coefficient (Wildman–Crippen LogP) is -0.592. The van der Waals surface area contributed by atoms with E-state index in [9.17, 15) is 18.0 Å². The van der Waals surface area contributed by atoms with Gasteiger partial charge in [0.05, 0.1) is 11.3 Å². The number of nitrogens with one attached hydrogen (secondary N) is 3. The van der Waals surface area contributed by atoms with Crippen molar-refractivity contribution in [3.8, 4) is 0 Å². The standard InChI is InChI=1S/C14H21N3O4S/c1-2-9-8-14(9,16-12(18)11-4-3-7-15-11)13(19)17-22(20,21)10-5-6-10/h2,9-11,15H,1,3-8H2,(H,16,18)(H,17,19)/t9?,11?,14-/m1/s1. The minimum atomic E-state index is -3.62. The van der Waals surface area contributed by atoms with Crippen molar-refractivity contribution in [1.29, 1.82) is 0 Å². The molecule has 1 heterocycles. The lowest BCUT2D eigenvalue weighted by Crippen LogP contribution is -2.55. The molecule has 2 amide bonds. The normalized spacial score (nSPS) is 34.0. The van der Waals surface area contributed by atoms with Gasteiger partial charge in [0.1, 0.15) is 5.54 Å². The van der Waals surface area contributed by atoms with E-state index in [0.717, 1.165) is 19.4 Å². The third kappa shape index (κ3) is 2.77. The number of hydrogen-bond donors (Lipinski definition) is 3. The van der Waals surface area contributed by atoms with Crippen molar-refractivity contribution >= 4 is 21.8 Å². The number of carbonyl (C=O) groups is 2. The summed E-state index contributed by atoms with van der Waals surface area (Å²) < 4.78 is 26.0. The van der Waals surface area contributed by atoms with Crippen LogP contribution >= 0.6 is 0 Å². The molecule has 1 aliphatic heterocycles. The zero-order valence-electron chi connectivity index (χ0n) is 12.3. The summed E-state index contributed by atoms with van der Waals surface area (Å²) >= 11 is 0. The highest BCUT2D eigenvalue weighted by Crippen LogP contribution is 2.45. The molecule has 2 saturated carbocycles. The Morgan fingerprint density at radius 3 is 2.50 bits per heavy atom. The fraction of sp³-hybridized carbons (Fsp3) is 0.714. The van der Waals surface area contributed by atoms with Crippen molar-refractivity contribution in [2.75, 3.05) is 6.54 Å². The van der Waals surface area contributed by atoms with Crippen LogP contribution in [-0.4, -0.2) is 43.6 Å². The van der Waals surface area contributed by atoms with Crippen LogP contribution in [0, 0.1) is 5.92 Å². The molecule has 3 rings (SSSR count). The van der Waals surface area contributed by atoms with E-state index in [4.69, 9.17) is 0 Å². The van der Waals surface area contributed by atoms with E-state index in [1.807, 2.05) is 0 Å². The lowest BCUT2D eigenvalue weighted by atomic mass is 10.1. The van der Waals surface area contributed by atoms with Gasteiger partial charge in [-0.05, 0) is 38.6 Å². The van der Waals surface area contributed by atoms with Crippen LogP contribution in [0.2, 0.25) is 0 Å². The van der Waals surface area contributed by atoms with Crippen LogP contribution < -0.4 is 15.4 Å². The quantitative estimate of drug-likeness (QED) is 0.566. The van der Waals surface area contributed by atoms with Gasteiger partial charge in [-0.25, -0.2) is 8.42 Å². The van der Waals surface area contributed by atoms with Crippen molar-refractivity contribution < 1.29 is 18.0 Å². The van der Waals surface area contributed by atoms with Crippen molar-refractivity contribution in [3.05, 3.63) is 12.7 Å². The maximum Gasteiger partial charge on any atom is 0.259 e. The molecule has 22 heavy (non-hydrogen) atoms. The summed E-state index contributed by atoms with van der Waals surface area (Å²) in [6, 6.07) is -0.309. The van der Waals surface area contributed by atoms with Crippen LogP contribution in [-0.2, 0) is 19.6 Å². The maximum absolute atomic E-state index is 12.4. The van der Waals surface area contributed by atoms with E-state index in [1.54, 1.807) is 6.08 Å². The van der Waals surface area contributed by atoms with Crippen LogP contribution in [0.3, 0.4) is 0 Å². The van der Waals surface area contributed by atoms with Crippen molar-refractivity contribution in [1.82, 2.24) is 15.4 Å². The Bertz CT molecular complexity index is 608. The highest BCUT2D eigenvalue weighted by atomic mass is 32.2. The smallest absolute Gasteiger partial charge is 0.259 e. The molecule has 1 saturated heterocycles. The topological polar surface area (TPSA) is 104 Å². The van der Waals surface area contributed by atoms with E-state index in [1.165, 1.54) is 0 Å². The Hall–Kier alpha value is -1.41. The van der Waals surface area contributed by atoms with Gasteiger partial charge in [-0.1, -0.05) is 6.08 Å². The average molecular weight is 327 g/mol. The summed E-state index contributed by atoms with van der Waals surface area (Å²) in [6.07, 6.45) is 4.78. The van der Waals surface area contributed by atoms with Gasteiger partial charge in [0, 0.05) is 5.92 Å². The van der Waals surface area contributed by atoms with Gasteiger partial charge < -0.3 is 10.6 Å². The average Bonchev–Trinajstić information content (AvgIpc) is 3.36. The number of hydrogen-bond acceptors (Lipinski definition) is 5. The molecule has 0 aromatic rings. The molecule has 0 bridgehead atoms. The third-order valence-corrected chi connectivity index (χ3v) is 6.44. The van der Waals surface area contributed by atoms with E-state index < -0.39 is 26.7 Å². The van der Waals surface area contributed by atoms with Gasteiger partial charge in [-0.2, -0.15) is 0 Å². The van der Waals surface area contributed by atoms with E-state index in [2.05, 4.69) is 21.9 Å². The monoisotopic (exact) mass is 327 g/mol. The van der Waals surface area contributed by atoms with Gasteiger partial charge in [0.15, 0.2) is 0 Å². The third-order valence-electron chi connectivity index (χ3n) is 4.63. The molecule has 7 nitrogen and oxygen atoms in total. The number of rotatable bonds is 6. The molecular formula is C14H21N3O4S. The van der Waals surface area contributed by atoms with Crippen molar-refractivity contribution in [3.63, 3.8) is 0 Å². The molecule has 2 unspecified atom stereocenters. The molecule has 3 aliphatic rings. The van der Waals surface area contributed by atoms with Crippen molar-refractivity contribution in [2.24, 2.45) is 5.92 Å². The molecule has 2 aliphatic carbocycles. The first-order chi connectivity index (χ1) is 10.4. The Labute approximate surface area is 130 Å². The zero-order chi connectivity index (χ0) is 16.0. The van der Waals surface area contributed by atoms with Crippen LogP contribution in [0.4, 0.5) is 0 Å². The molecule has 0 spiro atoms. The first-order valence-electron chi connectivity index (χ1n) is 7.63. The highest BCUT2D eigenvalue weighted by Gasteiger charge is 2.61. The Kier molecular flexibility index (Phi) is 3.76. The molecule has 3 N–H and O–H groups in total. The minimum Gasteiger partial charge on any atom is -0.340 e. The second-order valence-corrected chi connectivity index (χ2v) is 8.29. The van der Waals surface area contributed by atoms with E-state index in [-0.39, 0.29) is 17.9 Å². The van der Waals surface area contributed by atoms with Gasteiger partial charge in [-0.3, -0.25) is 14.3 Å². The van der Waals surface area contributed by atoms with Crippen LogP contribution in [0.1, 0.15) is 32.1 Å². The molecule has 0 aromatic carbocycles. The SMILES string of the molecule is C=CC1C[C@]1(NC(=O)C1CCCN1)C(=O)NS(=O)(=O)C1CC1. The summed E-state index contributed by atoms with van der Waals surface area (Å²) in [7, 11) is -3.62. The number of carbonyl (C=O) groups excluding carboxylic acids is 2. The lowest BCUT2D eigenvalue weighted by molar-refractivity contribution is -0.130. The summed E-state index contributed by atoms with van der Waals surface area (Å²) in [5, 5.41) is 5.34. The van der Waals surface area contributed by atoms with Gasteiger partial charge in [-0.15, -0.1) is 6.58 Å². The Morgan fingerprint density at radius 1 is 1.27 bits per heavy atom. The molecule has 3 atom stereocenters. The summed E-state index contributed by atoms with van der Waals surface area (Å²) in [5.41, 5.74) is -1.16. The fourth-order valence-electron chi connectivity index (χ4n) is 2.93. The van der Waals surface area contributed by atoms with Crippen LogP contribution in [0.15, 0.2) is 12.7 Å². The predicted molar refractivity (Wildman–Crippen MR) is 80.3 cm³/mol. The fourth-order valence-corrected chi connectivity index (χ4v) is 4.30. The molecule has 0 radical (unpaired) electrons. The van der Waals surface area contributed by atoms with Crippen molar-refractivity contribution in [2.45, 2.75) is 48.9 Å². The summed E-state index contributed by atoms with van der Waals surface area (Å²) in [5.74, 6) is -1.12. The van der Waals surface area contributed by atoms with Crippen LogP contribution in [0.5, 0.6) is 0 Å². The Morgan fingerprint density at radius 2 is 2.00 bits per heavy atom. The summed E-state index contributed by atoms with van der Waals surface area (Å²) in [6.45, 7) is 4.43. The molecule has 0 aromatic heterocycles. The largest absolute Gasteiger partial charge is 0.340 e. The highest BCUT2D eigenvalue weighted by molar-refractivity contribution is 7.90. The van der Waals surface area contributed by atoms with E-state index in [0.29, 0.717) is 19.3 Å². The van der Waals surface area contributed by atoms with Gasteiger partial charge in [0.25, 0.3) is 5.91 Å². The molecular weight excluding hydrogens is 306 g/mol. The Balaban J connectivity index is 1.69. The maximum atomic E-state index is 12.4. The molecule has 3 fully saturated rings.